The number of rotatable bonds is 5. The van der Waals surface area contributed by atoms with E-state index in [1.54, 1.807) is 6.07 Å². The van der Waals surface area contributed by atoms with Crippen LogP contribution in [0.5, 0.6) is 0 Å². The summed E-state index contributed by atoms with van der Waals surface area (Å²) in [6.45, 7) is 2.02. The number of nitrogens with one attached hydrogen (secondary N) is 1. The molecular weight excluding hydrogens is 354 g/mol. The zero-order chi connectivity index (χ0) is 19.3. The molecule has 0 atom stereocenters. The number of nitrogens with zero attached hydrogens (tertiary/aromatic N) is 2. The molecule has 28 heavy (non-hydrogen) atoms. The van der Waals surface area contributed by atoms with Crippen LogP contribution in [0.25, 0.3) is 22.0 Å². The molecule has 2 aromatic carbocycles. The van der Waals surface area contributed by atoms with Crippen molar-refractivity contribution in [3.05, 3.63) is 65.0 Å². The molecule has 0 unspecified atom stereocenters. The zero-order valence-corrected chi connectivity index (χ0v) is 15.6. The summed E-state index contributed by atoms with van der Waals surface area (Å²) in [4.78, 5) is 24.5. The van der Waals surface area contributed by atoms with Gasteiger partial charge in [0.15, 0.2) is 0 Å². The minimum Gasteiger partial charge on any atom is -0.381 e. The van der Waals surface area contributed by atoms with E-state index in [4.69, 9.17) is 4.74 Å². The van der Waals surface area contributed by atoms with Gasteiger partial charge in [0.25, 0.3) is 5.56 Å². The normalized spacial score (nSPS) is 14.9. The van der Waals surface area contributed by atoms with Crippen LogP contribution in [0.15, 0.2) is 59.4 Å². The second-order valence-electron chi connectivity index (χ2n) is 7.10. The van der Waals surface area contributed by atoms with Gasteiger partial charge >= 0.3 is 0 Å². The lowest BCUT2D eigenvalue weighted by Crippen LogP contribution is -2.37. The van der Waals surface area contributed by atoms with Gasteiger partial charge in [-0.3, -0.25) is 9.59 Å². The van der Waals surface area contributed by atoms with Crippen molar-refractivity contribution in [1.82, 2.24) is 15.1 Å². The van der Waals surface area contributed by atoms with Crippen LogP contribution in [-0.2, 0) is 16.1 Å². The predicted molar refractivity (Wildman–Crippen MR) is 108 cm³/mol. The van der Waals surface area contributed by atoms with Crippen molar-refractivity contribution >= 4 is 16.7 Å². The maximum atomic E-state index is 12.3. The molecule has 6 nitrogen and oxygen atoms in total. The van der Waals surface area contributed by atoms with Crippen molar-refractivity contribution in [2.24, 2.45) is 5.92 Å². The highest BCUT2D eigenvalue weighted by Crippen LogP contribution is 2.26. The van der Waals surface area contributed by atoms with Crippen LogP contribution >= 0.6 is 0 Å². The first-order valence-electron chi connectivity index (χ1n) is 9.61. The molecule has 1 fully saturated rings. The van der Waals surface area contributed by atoms with Gasteiger partial charge < -0.3 is 10.1 Å². The average Bonchev–Trinajstić information content (AvgIpc) is 2.74. The summed E-state index contributed by atoms with van der Waals surface area (Å²) in [7, 11) is 0. The molecule has 6 heteroatoms. The number of aromatic nitrogens is 2. The minimum atomic E-state index is -0.287. The van der Waals surface area contributed by atoms with E-state index >= 15 is 0 Å². The van der Waals surface area contributed by atoms with Gasteiger partial charge in [-0.15, -0.1) is 0 Å². The molecule has 1 aliphatic rings. The summed E-state index contributed by atoms with van der Waals surface area (Å²) in [5.41, 5.74) is 1.33. The fraction of sp³-hybridized carbons (Fsp3) is 0.318. The van der Waals surface area contributed by atoms with E-state index in [2.05, 4.69) is 10.4 Å². The third-order valence-corrected chi connectivity index (χ3v) is 5.15. The third kappa shape index (κ3) is 4.12. The second-order valence-corrected chi connectivity index (χ2v) is 7.10. The molecule has 1 N–H and O–H groups in total. The Hall–Kier alpha value is -2.99. The smallest absolute Gasteiger partial charge is 0.267 e. The summed E-state index contributed by atoms with van der Waals surface area (Å²) < 4.78 is 6.57. The maximum absolute atomic E-state index is 12.3. The molecule has 0 bridgehead atoms. The summed E-state index contributed by atoms with van der Waals surface area (Å²) in [5.74, 6) is 0.237. The van der Waals surface area contributed by atoms with Gasteiger partial charge in [-0.2, -0.15) is 5.10 Å². The molecule has 0 spiro atoms. The van der Waals surface area contributed by atoms with E-state index in [-0.39, 0.29) is 18.0 Å². The second kappa shape index (κ2) is 8.35. The van der Waals surface area contributed by atoms with Crippen molar-refractivity contribution in [2.45, 2.75) is 19.4 Å². The fourth-order valence-corrected chi connectivity index (χ4v) is 3.56. The van der Waals surface area contributed by atoms with Crippen LogP contribution < -0.4 is 10.9 Å². The van der Waals surface area contributed by atoms with Crippen molar-refractivity contribution in [1.29, 1.82) is 0 Å². The highest BCUT2D eigenvalue weighted by Gasteiger charge is 2.15. The highest BCUT2D eigenvalue weighted by atomic mass is 16.5. The Kier molecular flexibility index (Phi) is 5.48. The maximum Gasteiger partial charge on any atom is 0.267 e. The van der Waals surface area contributed by atoms with Gasteiger partial charge in [-0.05, 0) is 35.6 Å². The Balaban J connectivity index is 1.52. The standard InChI is InChI=1S/C22H23N3O3/c26-21(23-14-16-10-12-28-13-11-16)15-25-22(27)9-8-20(24-25)19-7-3-5-17-4-1-2-6-18(17)19/h1-9,16H,10-15H2,(H,23,26). The fourth-order valence-electron chi connectivity index (χ4n) is 3.56. The van der Waals surface area contributed by atoms with Crippen LogP contribution in [-0.4, -0.2) is 35.4 Å². The number of ether oxygens (including phenoxy) is 1. The number of hydrogen-bond acceptors (Lipinski definition) is 4. The minimum absolute atomic E-state index is 0.0827. The van der Waals surface area contributed by atoms with Gasteiger partial charge in [-0.25, -0.2) is 4.68 Å². The van der Waals surface area contributed by atoms with E-state index in [0.29, 0.717) is 18.2 Å². The molecule has 1 aliphatic heterocycles. The van der Waals surface area contributed by atoms with Crippen LogP contribution in [0.4, 0.5) is 0 Å². The lowest BCUT2D eigenvalue weighted by atomic mass is 10.0. The molecule has 3 aromatic rings. The SMILES string of the molecule is O=C(Cn1nc(-c2cccc3ccccc23)ccc1=O)NCC1CCOCC1. The van der Waals surface area contributed by atoms with Gasteiger partial charge in [0.2, 0.25) is 5.91 Å². The predicted octanol–water partition coefficient (Wildman–Crippen LogP) is 2.61. The monoisotopic (exact) mass is 377 g/mol. The molecule has 0 radical (unpaired) electrons. The van der Waals surface area contributed by atoms with E-state index in [0.717, 1.165) is 42.4 Å². The van der Waals surface area contributed by atoms with Gasteiger partial charge in [0, 0.05) is 31.4 Å². The molecular formula is C22H23N3O3. The number of hydrogen-bond donors (Lipinski definition) is 1. The average molecular weight is 377 g/mol. The molecule has 0 aliphatic carbocycles. The Morgan fingerprint density at radius 3 is 2.71 bits per heavy atom. The van der Waals surface area contributed by atoms with Gasteiger partial charge in [-0.1, -0.05) is 42.5 Å². The van der Waals surface area contributed by atoms with Crippen LogP contribution in [0.1, 0.15) is 12.8 Å². The van der Waals surface area contributed by atoms with Crippen molar-refractivity contribution in [3.63, 3.8) is 0 Å². The molecule has 0 saturated carbocycles. The third-order valence-electron chi connectivity index (χ3n) is 5.15. The first-order chi connectivity index (χ1) is 13.7. The van der Waals surface area contributed by atoms with Crippen molar-refractivity contribution < 1.29 is 9.53 Å². The lowest BCUT2D eigenvalue weighted by molar-refractivity contribution is -0.122. The van der Waals surface area contributed by atoms with Gasteiger partial charge in [0.05, 0.1) is 5.69 Å². The number of carbonyl (C=O) groups is 1. The topological polar surface area (TPSA) is 73.2 Å². The molecule has 4 rings (SSSR count). The number of carbonyl (C=O) groups excluding carboxylic acids is 1. The Bertz CT molecular complexity index is 1030. The quantitative estimate of drug-likeness (QED) is 0.742. The zero-order valence-electron chi connectivity index (χ0n) is 15.6. The molecule has 1 amide bonds. The van der Waals surface area contributed by atoms with E-state index in [1.807, 2.05) is 42.5 Å². The van der Waals surface area contributed by atoms with E-state index in [1.165, 1.54) is 10.7 Å². The first-order valence-corrected chi connectivity index (χ1v) is 9.61. The van der Waals surface area contributed by atoms with Crippen LogP contribution in [0.3, 0.4) is 0 Å². The number of fused-ring (bicyclic) bond motifs is 1. The van der Waals surface area contributed by atoms with E-state index in [9.17, 15) is 9.59 Å². The first kappa shape index (κ1) is 18.4. The largest absolute Gasteiger partial charge is 0.381 e. The summed E-state index contributed by atoms with van der Waals surface area (Å²) in [5, 5.41) is 9.54. The summed E-state index contributed by atoms with van der Waals surface area (Å²) in [6, 6.07) is 17.2. The summed E-state index contributed by atoms with van der Waals surface area (Å²) >= 11 is 0. The Morgan fingerprint density at radius 1 is 1.07 bits per heavy atom. The molecule has 1 saturated heterocycles. The Morgan fingerprint density at radius 2 is 1.86 bits per heavy atom. The van der Waals surface area contributed by atoms with Crippen LogP contribution in [0, 0.1) is 5.92 Å². The van der Waals surface area contributed by atoms with Crippen LogP contribution in [0.2, 0.25) is 0 Å². The van der Waals surface area contributed by atoms with Crippen molar-refractivity contribution in [2.75, 3.05) is 19.8 Å². The highest BCUT2D eigenvalue weighted by molar-refractivity contribution is 5.95. The van der Waals surface area contributed by atoms with Gasteiger partial charge in [0.1, 0.15) is 6.54 Å². The lowest BCUT2D eigenvalue weighted by Gasteiger charge is -2.22. The molecule has 1 aromatic heterocycles. The number of amides is 1. The van der Waals surface area contributed by atoms with E-state index < -0.39 is 0 Å². The van der Waals surface area contributed by atoms with Crippen molar-refractivity contribution in [3.8, 4) is 11.3 Å². The Labute approximate surface area is 163 Å². The summed E-state index contributed by atoms with van der Waals surface area (Å²) in [6.07, 6.45) is 1.91. The molecule has 144 valence electrons. The number of benzene rings is 2. The molecule has 2 heterocycles.